The zero-order chi connectivity index (χ0) is 14.8. The Morgan fingerprint density at radius 1 is 1.35 bits per heavy atom. The van der Waals surface area contributed by atoms with Crippen LogP contribution in [0.25, 0.3) is 0 Å². The van der Waals surface area contributed by atoms with Crippen LogP contribution in [-0.4, -0.2) is 29.7 Å². The molecule has 0 aromatic carbocycles. The predicted octanol–water partition coefficient (Wildman–Crippen LogP) is 1.36. The molecule has 2 aromatic rings. The summed E-state index contributed by atoms with van der Waals surface area (Å²) in [6.45, 7) is 4.39. The molecule has 8 heteroatoms. The van der Waals surface area contributed by atoms with Gasteiger partial charge in [0.2, 0.25) is 0 Å². The summed E-state index contributed by atoms with van der Waals surface area (Å²) in [5, 5.41) is 7.08. The van der Waals surface area contributed by atoms with Gasteiger partial charge in [0, 0.05) is 31.9 Å². The van der Waals surface area contributed by atoms with E-state index in [-0.39, 0.29) is 4.90 Å². The molecule has 0 saturated carbocycles. The molecule has 2 N–H and O–H groups in total. The molecule has 2 heterocycles. The maximum atomic E-state index is 12.3. The first-order valence-electron chi connectivity index (χ1n) is 6.16. The number of nitrogens with one attached hydrogen (secondary N) is 2. The van der Waals surface area contributed by atoms with Gasteiger partial charge in [-0.3, -0.25) is 9.40 Å². The van der Waals surface area contributed by atoms with E-state index in [9.17, 15) is 8.42 Å². The minimum absolute atomic E-state index is 0.155. The van der Waals surface area contributed by atoms with Crippen LogP contribution in [0.1, 0.15) is 12.6 Å². The molecule has 2 rings (SSSR count). The minimum Gasteiger partial charge on any atom is -0.370 e. The Bertz CT molecular complexity index is 708. The number of sulfonamides is 1. The average Bonchev–Trinajstić information content (AvgIpc) is 2.68. The summed E-state index contributed by atoms with van der Waals surface area (Å²) < 4.78 is 28.6. The lowest BCUT2D eigenvalue weighted by Gasteiger charge is -2.09. The third-order valence-electron chi connectivity index (χ3n) is 2.64. The van der Waals surface area contributed by atoms with Crippen molar-refractivity contribution in [3.63, 3.8) is 0 Å². The Morgan fingerprint density at radius 3 is 2.70 bits per heavy atom. The monoisotopic (exact) mass is 295 g/mol. The molecular formula is C12H17N5O2S. The Hall–Kier alpha value is -2.09. The first-order chi connectivity index (χ1) is 9.42. The van der Waals surface area contributed by atoms with Gasteiger partial charge in [-0.05, 0) is 19.9 Å². The van der Waals surface area contributed by atoms with Crippen molar-refractivity contribution in [1.82, 2.24) is 14.8 Å². The minimum atomic E-state index is -3.65. The largest absolute Gasteiger partial charge is 0.370 e. The quantitative estimate of drug-likeness (QED) is 0.869. The highest BCUT2D eigenvalue weighted by Crippen LogP contribution is 2.18. The Labute approximate surface area is 118 Å². The molecule has 7 nitrogen and oxygen atoms in total. The number of hydrogen-bond donors (Lipinski definition) is 2. The lowest BCUT2D eigenvalue weighted by molar-refractivity contribution is 0.600. The van der Waals surface area contributed by atoms with Crippen LogP contribution in [0.5, 0.6) is 0 Å². The zero-order valence-corrected chi connectivity index (χ0v) is 12.4. The van der Waals surface area contributed by atoms with Gasteiger partial charge in [-0.15, -0.1) is 0 Å². The molecule has 0 amide bonds. The van der Waals surface area contributed by atoms with E-state index < -0.39 is 10.0 Å². The molecule has 0 bridgehead atoms. The fourth-order valence-corrected chi connectivity index (χ4v) is 2.85. The summed E-state index contributed by atoms with van der Waals surface area (Å²) in [5.74, 6) is 0.945. The Balaban J connectivity index is 2.30. The lowest BCUT2D eigenvalue weighted by Crippen LogP contribution is -2.16. The van der Waals surface area contributed by atoms with Crippen LogP contribution in [0, 0.1) is 6.92 Å². The normalized spacial score (nSPS) is 11.3. The Kier molecular flexibility index (Phi) is 3.93. The predicted molar refractivity (Wildman–Crippen MR) is 77.2 cm³/mol. The second-order valence-electron chi connectivity index (χ2n) is 4.31. The van der Waals surface area contributed by atoms with Crippen LogP contribution in [-0.2, 0) is 17.1 Å². The van der Waals surface area contributed by atoms with Crippen LogP contribution < -0.4 is 10.0 Å². The molecule has 2 aromatic heterocycles. The average molecular weight is 295 g/mol. The van der Waals surface area contributed by atoms with Crippen LogP contribution >= 0.6 is 0 Å². The fraction of sp³-hybridized carbons (Fsp3) is 0.333. The van der Waals surface area contributed by atoms with E-state index in [1.54, 1.807) is 20.0 Å². The zero-order valence-electron chi connectivity index (χ0n) is 11.6. The van der Waals surface area contributed by atoms with Crippen molar-refractivity contribution in [2.75, 3.05) is 16.6 Å². The van der Waals surface area contributed by atoms with Crippen molar-refractivity contribution >= 4 is 21.7 Å². The molecule has 0 saturated heterocycles. The molecule has 0 spiro atoms. The van der Waals surface area contributed by atoms with Gasteiger partial charge in [0.05, 0.1) is 10.6 Å². The van der Waals surface area contributed by atoms with Crippen molar-refractivity contribution in [3.8, 4) is 0 Å². The summed E-state index contributed by atoms with van der Waals surface area (Å²) in [7, 11) is -1.97. The number of anilines is 2. The lowest BCUT2D eigenvalue weighted by atomic mass is 10.4. The van der Waals surface area contributed by atoms with E-state index >= 15 is 0 Å². The number of aryl methyl sites for hydroxylation is 2. The molecule has 0 radical (unpaired) electrons. The summed E-state index contributed by atoms with van der Waals surface area (Å²) in [4.78, 5) is 4.21. The summed E-state index contributed by atoms with van der Waals surface area (Å²) in [6, 6.07) is 4.62. The van der Waals surface area contributed by atoms with Gasteiger partial charge in [-0.25, -0.2) is 13.4 Å². The third kappa shape index (κ3) is 3.08. The summed E-state index contributed by atoms with van der Waals surface area (Å²) in [5.41, 5.74) is 0.744. The van der Waals surface area contributed by atoms with E-state index in [4.69, 9.17) is 0 Å². The van der Waals surface area contributed by atoms with Gasteiger partial charge in [0.1, 0.15) is 11.6 Å². The van der Waals surface area contributed by atoms with Crippen molar-refractivity contribution in [3.05, 3.63) is 30.1 Å². The van der Waals surface area contributed by atoms with Crippen molar-refractivity contribution in [2.45, 2.75) is 18.7 Å². The molecule has 0 atom stereocenters. The van der Waals surface area contributed by atoms with Gasteiger partial charge in [0.25, 0.3) is 10.0 Å². The standard InChI is InChI=1S/C12H17N5O2S/c1-4-13-11-8-10(5-6-14-11)20(18,19)16-12-7-9(2)15-17(12)3/h5-8,16H,4H2,1-3H3,(H,13,14). The molecule has 0 aliphatic carbocycles. The van der Waals surface area contributed by atoms with E-state index in [0.29, 0.717) is 18.2 Å². The van der Waals surface area contributed by atoms with Crippen molar-refractivity contribution in [2.24, 2.45) is 7.05 Å². The van der Waals surface area contributed by atoms with Crippen molar-refractivity contribution in [1.29, 1.82) is 0 Å². The maximum absolute atomic E-state index is 12.3. The number of hydrogen-bond acceptors (Lipinski definition) is 5. The van der Waals surface area contributed by atoms with Gasteiger partial charge in [-0.1, -0.05) is 0 Å². The summed E-state index contributed by atoms with van der Waals surface area (Å²) in [6.07, 6.45) is 1.46. The molecule has 0 aliphatic rings. The molecule has 0 unspecified atom stereocenters. The molecule has 0 fully saturated rings. The summed E-state index contributed by atoms with van der Waals surface area (Å²) >= 11 is 0. The van der Waals surface area contributed by atoms with E-state index in [2.05, 4.69) is 20.1 Å². The third-order valence-corrected chi connectivity index (χ3v) is 3.99. The molecule has 0 aliphatic heterocycles. The van der Waals surface area contributed by atoms with E-state index in [0.717, 1.165) is 5.69 Å². The number of pyridine rings is 1. The van der Waals surface area contributed by atoms with Gasteiger partial charge < -0.3 is 5.32 Å². The Morgan fingerprint density at radius 2 is 2.10 bits per heavy atom. The SMILES string of the molecule is CCNc1cc(S(=O)(=O)Nc2cc(C)nn2C)ccn1. The second-order valence-corrected chi connectivity index (χ2v) is 5.99. The van der Waals surface area contributed by atoms with Crippen LogP contribution in [0.15, 0.2) is 29.3 Å². The highest BCUT2D eigenvalue weighted by Gasteiger charge is 2.17. The highest BCUT2D eigenvalue weighted by atomic mass is 32.2. The fourth-order valence-electron chi connectivity index (χ4n) is 1.76. The highest BCUT2D eigenvalue weighted by molar-refractivity contribution is 7.92. The maximum Gasteiger partial charge on any atom is 0.263 e. The van der Waals surface area contributed by atoms with E-state index in [1.165, 1.54) is 23.0 Å². The second kappa shape index (κ2) is 5.49. The number of rotatable bonds is 5. The van der Waals surface area contributed by atoms with Crippen molar-refractivity contribution < 1.29 is 8.42 Å². The molecule has 108 valence electrons. The smallest absolute Gasteiger partial charge is 0.263 e. The van der Waals surface area contributed by atoms with Crippen LogP contribution in [0.3, 0.4) is 0 Å². The van der Waals surface area contributed by atoms with Crippen LogP contribution in [0.4, 0.5) is 11.6 Å². The first kappa shape index (κ1) is 14.3. The number of nitrogens with zero attached hydrogens (tertiary/aromatic N) is 3. The van der Waals surface area contributed by atoms with Gasteiger partial charge in [-0.2, -0.15) is 5.10 Å². The first-order valence-corrected chi connectivity index (χ1v) is 7.64. The number of aromatic nitrogens is 3. The van der Waals surface area contributed by atoms with Gasteiger partial charge >= 0.3 is 0 Å². The topological polar surface area (TPSA) is 88.9 Å². The van der Waals surface area contributed by atoms with E-state index in [1.807, 2.05) is 6.92 Å². The van der Waals surface area contributed by atoms with Crippen LogP contribution in [0.2, 0.25) is 0 Å². The molecular weight excluding hydrogens is 278 g/mol. The van der Waals surface area contributed by atoms with Gasteiger partial charge in [0.15, 0.2) is 0 Å². The molecule has 20 heavy (non-hydrogen) atoms.